The topological polar surface area (TPSA) is 35.5 Å². The van der Waals surface area contributed by atoms with Crippen molar-refractivity contribution < 1.29 is 14.3 Å². The van der Waals surface area contributed by atoms with Crippen molar-refractivity contribution in [1.29, 1.82) is 0 Å². The Morgan fingerprint density at radius 3 is 2.21 bits per heavy atom. The molecule has 0 aromatic heterocycles. The lowest BCUT2D eigenvalue weighted by Gasteiger charge is -2.04. The molecule has 0 atom stereocenters. The Labute approximate surface area is 84.7 Å². The molecule has 0 saturated carbocycles. The summed E-state index contributed by atoms with van der Waals surface area (Å²) in [4.78, 5) is 11.1. The van der Waals surface area contributed by atoms with E-state index in [2.05, 4.69) is 4.74 Å². The zero-order valence-corrected chi connectivity index (χ0v) is 9.03. The van der Waals surface area contributed by atoms with Crippen LogP contribution in [0.3, 0.4) is 0 Å². The lowest BCUT2D eigenvalue weighted by molar-refractivity contribution is 0.0597. The van der Waals surface area contributed by atoms with Gasteiger partial charge in [-0.2, -0.15) is 0 Å². The number of hydrogen-bond donors (Lipinski definition) is 0. The van der Waals surface area contributed by atoms with Crippen LogP contribution in [0.15, 0.2) is 24.3 Å². The van der Waals surface area contributed by atoms with Crippen molar-refractivity contribution in [3.05, 3.63) is 29.8 Å². The number of rotatable bonds is 2. The number of para-hydroxylation sites is 1. The third-order valence-corrected chi connectivity index (χ3v) is 1.51. The number of hydrogen-bond acceptors (Lipinski definition) is 3. The molecule has 0 spiro atoms. The summed E-state index contributed by atoms with van der Waals surface area (Å²) < 4.78 is 9.53. The quantitative estimate of drug-likeness (QED) is 0.682. The molecule has 0 radical (unpaired) electrons. The van der Waals surface area contributed by atoms with Gasteiger partial charge in [-0.3, -0.25) is 0 Å². The molecule has 14 heavy (non-hydrogen) atoms. The molecule has 3 nitrogen and oxygen atoms in total. The molecule has 0 heterocycles. The van der Waals surface area contributed by atoms with E-state index < -0.39 is 0 Å². The first-order valence-electron chi connectivity index (χ1n) is 4.51. The zero-order valence-electron chi connectivity index (χ0n) is 9.03. The van der Waals surface area contributed by atoms with Crippen LogP contribution in [0.4, 0.5) is 0 Å². The molecular formula is C11H16O3. The standard InChI is InChI=1S/C9H10O3.C2H6/c1-11-8-6-4-3-5-7(8)9(10)12-2;1-2/h3-6H,1-2H3;1-2H3. The number of carbonyl (C=O) groups excluding carboxylic acids is 1. The highest BCUT2D eigenvalue weighted by molar-refractivity contribution is 5.92. The number of carbonyl (C=O) groups is 1. The maximum Gasteiger partial charge on any atom is 0.341 e. The van der Waals surface area contributed by atoms with Crippen LogP contribution in [0, 0.1) is 0 Å². The highest BCUT2D eigenvalue weighted by Gasteiger charge is 2.10. The van der Waals surface area contributed by atoms with Gasteiger partial charge in [-0.15, -0.1) is 0 Å². The Morgan fingerprint density at radius 2 is 1.71 bits per heavy atom. The average molecular weight is 196 g/mol. The van der Waals surface area contributed by atoms with Crippen LogP contribution in [0.2, 0.25) is 0 Å². The normalized spacial score (nSPS) is 8.29. The molecule has 1 aromatic carbocycles. The fraction of sp³-hybridized carbons (Fsp3) is 0.364. The summed E-state index contributed by atoms with van der Waals surface area (Å²) in [7, 11) is 2.86. The van der Waals surface area contributed by atoms with Crippen LogP contribution in [0.5, 0.6) is 5.75 Å². The highest BCUT2D eigenvalue weighted by atomic mass is 16.5. The van der Waals surface area contributed by atoms with E-state index in [0.717, 1.165) is 0 Å². The summed E-state index contributed by atoms with van der Waals surface area (Å²) in [5.41, 5.74) is 0.447. The van der Waals surface area contributed by atoms with Crippen molar-refractivity contribution in [2.75, 3.05) is 14.2 Å². The van der Waals surface area contributed by atoms with Gasteiger partial charge >= 0.3 is 5.97 Å². The molecule has 1 rings (SSSR count). The lowest BCUT2D eigenvalue weighted by atomic mass is 10.2. The van der Waals surface area contributed by atoms with Gasteiger partial charge in [0.25, 0.3) is 0 Å². The maximum atomic E-state index is 11.1. The summed E-state index contributed by atoms with van der Waals surface area (Å²) >= 11 is 0. The van der Waals surface area contributed by atoms with Gasteiger partial charge in [0.05, 0.1) is 14.2 Å². The van der Waals surface area contributed by atoms with Gasteiger partial charge in [-0.1, -0.05) is 26.0 Å². The SMILES string of the molecule is CC.COC(=O)c1ccccc1OC. The minimum absolute atomic E-state index is 0.382. The van der Waals surface area contributed by atoms with Crippen LogP contribution >= 0.6 is 0 Å². The van der Waals surface area contributed by atoms with E-state index in [9.17, 15) is 4.79 Å². The van der Waals surface area contributed by atoms with E-state index in [-0.39, 0.29) is 5.97 Å². The molecule has 0 amide bonds. The third-order valence-electron chi connectivity index (χ3n) is 1.51. The largest absolute Gasteiger partial charge is 0.496 e. The molecule has 0 aliphatic rings. The molecule has 0 aliphatic heterocycles. The van der Waals surface area contributed by atoms with Gasteiger partial charge in [-0.25, -0.2) is 4.79 Å². The minimum atomic E-state index is -0.382. The summed E-state index contributed by atoms with van der Waals surface area (Å²) in [6.45, 7) is 4.00. The minimum Gasteiger partial charge on any atom is -0.496 e. The molecule has 0 saturated heterocycles. The maximum absolute atomic E-state index is 11.1. The highest BCUT2D eigenvalue weighted by Crippen LogP contribution is 2.17. The van der Waals surface area contributed by atoms with Crippen molar-refractivity contribution in [1.82, 2.24) is 0 Å². The fourth-order valence-corrected chi connectivity index (χ4v) is 0.923. The first-order chi connectivity index (χ1) is 6.79. The molecular weight excluding hydrogens is 180 g/mol. The van der Waals surface area contributed by atoms with Crippen molar-refractivity contribution >= 4 is 5.97 Å². The molecule has 0 fully saturated rings. The van der Waals surface area contributed by atoms with Crippen molar-refractivity contribution in [3.63, 3.8) is 0 Å². The van der Waals surface area contributed by atoms with Crippen LogP contribution in [0.25, 0.3) is 0 Å². The van der Waals surface area contributed by atoms with E-state index in [1.54, 1.807) is 24.3 Å². The number of esters is 1. The predicted molar refractivity (Wildman–Crippen MR) is 55.7 cm³/mol. The molecule has 1 aromatic rings. The second-order valence-corrected chi connectivity index (χ2v) is 2.19. The Kier molecular flexibility index (Phi) is 6.20. The molecule has 78 valence electrons. The zero-order chi connectivity index (χ0) is 11.0. The van der Waals surface area contributed by atoms with Crippen molar-refractivity contribution in [3.8, 4) is 5.75 Å². The molecule has 3 heteroatoms. The fourth-order valence-electron chi connectivity index (χ4n) is 0.923. The van der Waals surface area contributed by atoms with Gasteiger partial charge in [0.1, 0.15) is 11.3 Å². The number of methoxy groups -OCH3 is 2. The second kappa shape index (κ2) is 6.95. The average Bonchev–Trinajstić information content (AvgIpc) is 2.30. The Morgan fingerprint density at radius 1 is 1.14 bits per heavy atom. The van der Waals surface area contributed by atoms with E-state index in [0.29, 0.717) is 11.3 Å². The number of benzene rings is 1. The molecule has 0 unspecified atom stereocenters. The summed E-state index contributed by atoms with van der Waals surface area (Å²) in [5, 5.41) is 0. The van der Waals surface area contributed by atoms with Crippen LogP contribution in [-0.4, -0.2) is 20.2 Å². The van der Waals surface area contributed by atoms with E-state index >= 15 is 0 Å². The Balaban J connectivity index is 0.000000791. The summed E-state index contributed by atoms with van der Waals surface area (Å²) in [5.74, 6) is 0.150. The summed E-state index contributed by atoms with van der Waals surface area (Å²) in [6.07, 6.45) is 0. The first-order valence-corrected chi connectivity index (χ1v) is 4.51. The molecule has 0 aliphatic carbocycles. The van der Waals surface area contributed by atoms with E-state index in [4.69, 9.17) is 4.74 Å². The van der Waals surface area contributed by atoms with Crippen LogP contribution in [0.1, 0.15) is 24.2 Å². The smallest absolute Gasteiger partial charge is 0.341 e. The molecule has 0 bridgehead atoms. The van der Waals surface area contributed by atoms with Crippen molar-refractivity contribution in [2.24, 2.45) is 0 Å². The molecule has 0 N–H and O–H groups in total. The van der Waals surface area contributed by atoms with Crippen LogP contribution in [-0.2, 0) is 4.74 Å². The van der Waals surface area contributed by atoms with E-state index in [1.807, 2.05) is 13.8 Å². The number of ether oxygens (including phenoxy) is 2. The monoisotopic (exact) mass is 196 g/mol. The lowest BCUT2D eigenvalue weighted by Crippen LogP contribution is -2.03. The first kappa shape index (κ1) is 12.5. The van der Waals surface area contributed by atoms with Crippen molar-refractivity contribution in [2.45, 2.75) is 13.8 Å². The summed E-state index contributed by atoms with van der Waals surface area (Å²) in [6, 6.07) is 6.93. The van der Waals surface area contributed by atoms with Gasteiger partial charge < -0.3 is 9.47 Å². The van der Waals surface area contributed by atoms with Gasteiger partial charge in [0.2, 0.25) is 0 Å². The van der Waals surface area contributed by atoms with Gasteiger partial charge in [0, 0.05) is 0 Å². The van der Waals surface area contributed by atoms with Gasteiger partial charge in [0.15, 0.2) is 0 Å². The Bertz CT molecular complexity index is 282. The van der Waals surface area contributed by atoms with Gasteiger partial charge in [-0.05, 0) is 12.1 Å². The second-order valence-electron chi connectivity index (χ2n) is 2.19. The predicted octanol–water partition coefficient (Wildman–Crippen LogP) is 2.51. The third kappa shape index (κ3) is 3.09. The Hall–Kier alpha value is -1.51. The van der Waals surface area contributed by atoms with Crippen LogP contribution < -0.4 is 4.74 Å². The van der Waals surface area contributed by atoms with E-state index in [1.165, 1.54) is 14.2 Å².